The Balaban J connectivity index is 2.08. The number of thiazole rings is 1. The van der Waals surface area contributed by atoms with Crippen LogP contribution in [0.1, 0.15) is 32.6 Å². The smallest absolute Gasteiger partial charge is 0.183 e. The molecule has 0 saturated heterocycles. The number of carbonyl (C=O) groups excluding carboxylic acids is 2. The molecule has 0 atom stereocenters. The van der Waals surface area contributed by atoms with Crippen LogP contribution < -0.4 is 14.8 Å². The summed E-state index contributed by atoms with van der Waals surface area (Å²) in [6.07, 6.45) is 0. The Morgan fingerprint density at radius 3 is 2.48 bits per heavy atom. The standard InChI is InChI=1S/C16H18N2O4S/c1-9-15(10(2)19)23-16(18-9)17-8-12(20)11-5-6-13(21-3)14(7-11)22-4/h5-7H,8H2,1-4H3,(H,17,18). The molecule has 0 unspecified atom stereocenters. The van der Waals surface area contributed by atoms with Crippen molar-refractivity contribution < 1.29 is 19.1 Å². The maximum Gasteiger partial charge on any atom is 0.183 e. The van der Waals surface area contributed by atoms with E-state index in [1.165, 1.54) is 32.5 Å². The minimum absolute atomic E-state index is 0.0285. The lowest BCUT2D eigenvalue weighted by molar-refractivity contribution is 0.100. The van der Waals surface area contributed by atoms with Gasteiger partial charge in [-0.2, -0.15) is 0 Å². The Morgan fingerprint density at radius 2 is 1.91 bits per heavy atom. The molecule has 122 valence electrons. The zero-order chi connectivity index (χ0) is 17.0. The molecule has 1 aromatic heterocycles. The molecule has 0 aliphatic carbocycles. The third-order valence-electron chi connectivity index (χ3n) is 3.22. The Morgan fingerprint density at radius 1 is 1.22 bits per heavy atom. The van der Waals surface area contributed by atoms with Gasteiger partial charge in [0.1, 0.15) is 0 Å². The molecule has 7 heteroatoms. The second kappa shape index (κ2) is 7.23. The number of nitrogens with one attached hydrogen (secondary N) is 1. The van der Waals surface area contributed by atoms with Crippen LogP contribution >= 0.6 is 11.3 Å². The number of aryl methyl sites for hydroxylation is 1. The number of ether oxygens (including phenoxy) is 2. The van der Waals surface area contributed by atoms with Gasteiger partial charge in [0.15, 0.2) is 28.2 Å². The molecule has 2 aromatic rings. The highest BCUT2D eigenvalue weighted by Gasteiger charge is 2.14. The van der Waals surface area contributed by atoms with Gasteiger partial charge in [0.25, 0.3) is 0 Å². The molecular formula is C16H18N2O4S. The van der Waals surface area contributed by atoms with Crippen LogP contribution in [-0.4, -0.2) is 37.3 Å². The van der Waals surface area contributed by atoms with E-state index in [2.05, 4.69) is 10.3 Å². The average molecular weight is 334 g/mol. The van der Waals surface area contributed by atoms with Crippen molar-refractivity contribution in [3.63, 3.8) is 0 Å². The van der Waals surface area contributed by atoms with Crippen molar-refractivity contribution >= 4 is 28.0 Å². The molecule has 23 heavy (non-hydrogen) atoms. The number of ketones is 2. The molecule has 1 aromatic carbocycles. The van der Waals surface area contributed by atoms with Crippen LogP contribution in [0.25, 0.3) is 0 Å². The molecular weight excluding hydrogens is 316 g/mol. The fourth-order valence-corrected chi connectivity index (χ4v) is 2.92. The molecule has 0 aliphatic heterocycles. The van der Waals surface area contributed by atoms with Crippen molar-refractivity contribution in [2.45, 2.75) is 13.8 Å². The van der Waals surface area contributed by atoms with Crippen LogP contribution in [0.3, 0.4) is 0 Å². The lowest BCUT2D eigenvalue weighted by atomic mass is 10.1. The van der Waals surface area contributed by atoms with E-state index in [4.69, 9.17) is 9.47 Å². The quantitative estimate of drug-likeness (QED) is 0.784. The molecule has 0 saturated carbocycles. The number of aromatic nitrogens is 1. The van der Waals surface area contributed by atoms with Crippen LogP contribution in [0, 0.1) is 6.92 Å². The monoisotopic (exact) mass is 334 g/mol. The molecule has 0 radical (unpaired) electrons. The fourth-order valence-electron chi connectivity index (χ4n) is 2.07. The lowest BCUT2D eigenvalue weighted by Crippen LogP contribution is -2.14. The third-order valence-corrected chi connectivity index (χ3v) is 4.44. The number of hydrogen-bond acceptors (Lipinski definition) is 7. The number of hydrogen-bond donors (Lipinski definition) is 1. The highest BCUT2D eigenvalue weighted by molar-refractivity contribution is 7.17. The van der Waals surface area contributed by atoms with Gasteiger partial charge in [-0.15, -0.1) is 0 Å². The molecule has 0 spiro atoms. The van der Waals surface area contributed by atoms with Crippen molar-refractivity contribution in [1.29, 1.82) is 0 Å². The Kier molecular flexibility index (Phi) is 5.33. The van der Waals surface area contributed by atoms with Crippen molar-refractivity contribution in [2.24, 2.45) is 0 Å². The molecule has 0 amide bonds. The summed E-state index contributed by atoms with van der Waals surface area (Å²) in [5.41, 5.74) is 1.18. The van der Waals surface area contributed by atoms with Gasteiger partial charge < -0.3 is 14.8 Å². The maximum atomic E-state index is 12.3. The predicted molar refractivity (Wildman–Crippen MR) is 89.2 cm³/mol. The number of nitrogens with zero attached hydrogens (tertiary/aromatic N) is 1. The normalized spacial score (nSPS) is 10.3. The van der Waals surface area contributed by atoms with E-state index in [-0.39, 0.29) is 18.1 Å². The SMILES string of the molecule is COc1ccc(C(=O)CNc2nc(C)c(C(C)=O)s2)cc1OC. The number of carbonyl (C=O) groups is 2. The van der Waals surface area contributed by atoms with E-state index < -0.39 is 0 Å². The first-order valence-electron chi connectivity index (χ1n) is 6.93. The molecule has 2 rings (SSSR count). The third kappa shape index (κ3) is 3.87. The van der Waals surface area contributed by atoms with E-state index in [0.717, 1.165) is 0 Å². The zero-order valence-electron chi connectivity index (χ0n) is 13.4. The number of anilines is 1. The van der Waals surface area contributed by atoms with Gasteiger partial charge in [-0.1, -0.05) is 11.3 Å². The fraction of sp³-hybridized carbons (Fsp3) is 0.312. The Bertz CT molecular complexity index is 740. The molecule has 6 nitrogen and oxygen atoms in total. The van der Waals surface area contributed by atoms with E-state index in [1.54, 1.807) is 25.1 Å². The van der Waals surface area contributed by atoms with Crippen LogP contribution in [0.2, 0.25) is 0 Å². The first-order valence-corrected chi connectivity index (χ1v) is 7.75. The van der Waals surface area contributed by atoms with Crippen LogP contribution in [0.4, 0.5) is 5.13 Å². The number of Topliss-reactive ketones (excluding diaryl/α,β-unsaturated/α-hetero) is 2. The number of methoxy groups -OCH3 is 2. The molecule has 1 N–H and O–H groups in total. The maximum absolute atomic E-state index is 12.3. The second-order valence-electron chi connectivity index (χ2n) is 4.84. The molecule has 0 fully saturated rings. The summed E-state index contributed by atoms with van der Waals surface area (Å²) in [5.74, 6) is 0.934. The van der Waals surface area contributed by atoms with E-state index >= 15 is 0 Å². The predicted octanol–water partition coefficient (Wildman–Crippen LogP) is 2.97. The van der Waals surface area contributed by atoms with Crippen LogP contribution in [-0.2, 0) is 0 Å². The summed E-state index contributed by atoms with van der Waals surface area (Å²) < 4.78 is 10.3. The van der Waals surface area contributed by atoms with Gasteiger partial charge in [-0.05, 0) is 25.1 Å². The lowest BCUT2D eigenvalue weighted by Gasteiger charge is -2.09. The van der Waals surface area contributed by atoms with Gasteiger partial charge in [-0.3, -0.25) is 9.59 Å². The molecule has 0 bridgehead atoms. The van der Waals surface area contributed by atoms with E-state index in [0.29, 0.717) is 32.8 Å². The van der Waals surface area contributed by atoms with Gasteiger partial charge in [0.05, 0.1) is 31.3 Å². The van der Waals surface area contributed by atoms with Crippen LogP contribution in [0.15, 0.2) is 18.2 Å². The number of rotatable bonds is 7. The second-order valence-corrected chi connectivity index (χ2v) is 5.84. The Hall–Kier alpha value is -2.41. The van der Waals surface area contributed by atoms with Gasteiger partial charge in [0, 0.05) is 12.5 Å². The van der Waals surface area contributed by atoms with Crippen molar-refractivity contribution in [3.05, 3.63) is 34.3 Å². The van der Waals surface area contributed by atoms with Gasteiger partial charge in [-0.25, -0.2) is 4.98 Å². The van der Waals surface area contributed by atoms with Crippen molar-refractivity contribution in [3.8, 4) is 11.5 Å². The Labute approximate surface area is 138 Å². The summed E-state index contributed by atoms with van der Waals surface area (Å²) in [5, 5.41) is 3.52. The molecule has 0 aliphatic rings. The van der Waals surface area contributed by atoms with Gasteiger partial charge in [0.2, 0.25) is 0 Å². The summed E-state index contributed by atoms with van der Waals surface area (Å²) in [6.45, 7) is 3.35. The van der Waals surface area contributed by atoms with Gasteiger partial charge >= 0.3 is 0 Å². The minimum Gasteiger partial charge on any atom is -0.493 e. The highest BCUT2D eigenvalue weighted by atomic mass is 32.1. The number of benzene rings is 1. The summed E-state index contributed by atoms with van der Waals surface area (Å²) in [7, 11) is 3.06. The highest BCUT2D eigenvalue weighted by Crippen LogP contribution is 2.28. The first-order chi connectivity index (χ1) is 11.0. The van der Waals surface area contributed by atoms with Crippen molar-refractivity contribution in [2.75, 3.05) is 26.1 Å². The molecule has 1 heterocycles. The van der Waals surface area contributed by atoms with Crippen molar-refractivity contribution in [1.82, 2.24) is 4.98 Å². The summed E-state index contributed by atoms with van der Waals surface area (Å²) in [4.78, 5) is 28.5. The zero-order valence-corrected chi connectivity index (χ0v) is 14.2. The van der Waals surface area contributed by atoms with Crippen LogP contribution in [0.5, 0.6) is 11.5 Å². The van der Waals surface area contributed by atoms with E-state index in [9.17, 15) is 9.59 Å². The topological polar surface area (TPSA) is 77.5 Å². The summed E-state index contributed by atoms with van der Waals surface area (Å²) >= 11 is 1.25. The van der Waals surface area contributed by atoms with E-state index in [1.807, 2.05) is 0 Å². The average Bonchev–Trinajstić information content (AvgIpc) is 2.93. The first kappa shape index (κ1) is 17.0. The minimum atomic E-state index is -0.108. The summed E-state index contributed by atoms with van der Waals surface area (Å²) in [6, 6.07) is 5.00. The largest absolute Gasteiger partial charge is 0.493 e.